The van der Waals surface area contributed by atoms with E-state index in [-0.39, 0.29) is 21.3 Å². The van der Waals surface area contributed by atoms with Gasteiger partial charge in [-0.05, 0) is 55.3 Å². The molecule has 2 heterocycles. The third-order valence-electron chi connectivity index (χ3n) is 6.20. The number of aromatic nitrogens is 1. The number of nitrogens with zero attached hydrogens (tertiary/aromatic N) is 2. The van der Waals surface area contributed by atoms with E-state index in [9.17, 15) is 19.5 Å². The maximum Gasteiger partial charge on any atom is 0.350 e. The fourth-order valence-electron chi connectivity index (χ4n) is 4.32. The topological polar surface area (TPSA) is 124 Å². The number of amides is 1. The van der Waals surface area contributed by atoms with Crippen LogP contribution in [-0.4, -0.2) is 56.2 Å². The fraction of sp³-hybridized carbons (Fsp3) is 0.259. The molecule has 0 bridgehead atoms. The summed E-state index contributed by atoms with van der Waals surface area (Å²) in [7, 11) is 5.73. The zero-order valence-corrected chi connectivity index (χ0v) is 22.5. The Morgan fingerprint density at radius 2 is 1.61 bits per heavy atom. The van der Waals surface area contributed by atoms with Gasteiger partial charge < -0.3 is 24.1 Å². The number of ether oxygens (including phenoxy) is 4. The van der Waals surface area contributed by atoms with Gasteiger partial charge in [0.1, 0.15) is 16.4 Å². The molecule has 198 valence electrons. The third kappa shape index (κ3) is 4.45. The molecule has 1 saturated heterocycles. The van der Waals surface area contributed by atoms with Crippen molar-refractivity contribution in [3.05, 3.63) is 69.2 Å². The first-order valence-electron chi connectivity index (χ1n) is 11.4. The molecule has 0 radical (unpaired) electrons. The van der Waals surface area contributed by atoms with E-state index in [2.05, 4.69) is 4.98 Å². The van der Waals surface area contributed by atoms with Crippen LogP contribution in [-0.2, 0) is 14.3 Å². The summed E-state index contributed by atoms with van der Waals surface area (Å²) in [5.41, 5.74) is 1.72. The summed E-state index contributed by atoms with van der Waals surface area (Å²) in [6.45, 7) is 3.40. The number of carbonyl (C=O) groups excluding carboxylic acids is 3. The quantitative estimate of drug-likeness (QED) is 0.204. The first-order chi connectivity index (χ1) is 18.2. The lowest BCUT2D eigenvalue weighted by Crippen LogP contribution is -2.29. The summed E-state index contributed by atoms with van der Waals surface area (Å²) in [5.74, 6) is -1.37. The highest BCUT2D eigenvalue weighted by molar-refractivity contribution is 7.17. The molecule has 0 saturated carbocycles. The molecular weight excluding hydrogens is 512 g/mol. The number of esters is 1. The first-order valence-corrected chi connectivity index (χ1v) is 12.2. The van der Waals surface area contributed by atoms with Gasteiger partial charge in [0.15, 0.2) is 16.6 Å². The number of thiazole rings is 1. The van der Waals surface area contributed by atoms with E-state index in [0.717, 1.165) is 16.9 Å². The van der Waals surface area contributed by atoms with Crippen LogP contribution in [0.25, 0.3) is 5.76 Å². The number of anilines is 1. The van der Waals surface area contributed by atoms with Crippen LogP contribution in [0, 0.1) is 13.8 Å². The van der Waals surface area contributed by atoms with Crippen molar-refractivity contribution in [2.75, 3.05) is 33.3 Å². The molecule has 0 spiro atoms. The third-order valence-corrected chi connectivity index (χ3v) is 7.33. The highest BCUT2D eigenvalue weighted by atomic mass is 32.1. The second kappa shape index (κ2) is 10.5. The predicted octanol–water partition coefficient (Wildman–Crippen LogP) is 4.20. The lowest BCUT2D eigenvalue weighted by Gasteiger charge is -2.24. The lowest BCUT2D eigenvalue weighted by molar-refractivity contribution is -0.132. The minimum absolute atomic E-state index is 0.106. The number of benzene rings is 2. The molecule has 0 aliphatic carbocycles. The number of methoxy groups -OCH3 is 4. The molecule has 38 heavy (non-hydrogen) atoms. The van der Waals surface area contributed by atoms with Crippen LogP contribution in [0.2, 0.25) is 0 Å². The molecule has 1 fully saturated rings. The Balaban J connectivity index is 1.97. The smallest absolute Gasteiger partial charge is 0.350 e. The van der Waals surface area contributed by atoms with Gasteiger partial charge in [0.2, 0.25) is 0 Å². The number of aryl methyl sites for hydroxylation is 2. The van der Waals surface area contributed by atoms with Crippen molar-refractivity contribution in [3.63, 3.8) is 0 Å². The van der Waals surface area contributed by atoms with Crippen LogP contribution in [0.1, 0.15) is 38.1 Å². The van der Waals surface area contributed by atoms with Gasteiger partial charge in [0.05, 0.1) is 45.7 Å². The maximum absolute atomic E-state index is 13.5. The van der Waals surface area contributed by atoms with E-state index in [0.29, 0.717) is 34.1 Å². The van der Waals surface area contributed by atoms with Crippen LogP contribution in [0.5, 0.6) is 17.2 Å². The molecule has 2 aromatic carbocycles. The van der Waals surface area contributed by atoms with E-state index in [4.69, 9.17) is 18.9 Å². The SMILES string of the molecule is COC(=O)c1sc(N2C(=O)C(=O)/C(=C(/O)c3ccc(OC)c(C)c3)[C@H]2c2ccc(OC)c(OC)c2)nc1C. The summed E-state index contributed by atoms with van der Waals surface area (Å²) < 4.78 is 20.9. The monoisotopic (exact) mass is 538 g/mol. The fourth-order valence-corrected chi connectivity index (χ4v) is 5.33. The molecule has 1 aliphatic heterocycles. The van der Waals surface area contributed by atoms with Crippen LogP contribution in [0.15, 0.2) is 42.0 Å². The van der Waals surface area contributed by atoms with Crippen LogP contribution >= 0.6 is 11.3 Å². The molecule has 4 rings (SSSR count). The normalized spacial score (nSPS) is 16.5. The van der Waals surface area contributed by atoms with Gasteiger partial charge in [-0.25, -0.2) is 9.78 Å². The van der Waals surface area contributed by atoms with Crippen molar-refractivity contribution in [1.82, 2.24) is 4.98 Å². The molecule has 1 N–H and O–H groups in total. The Morgan fingerprint density at radius 3 is 2.21 bits per heavy atom. The summed E-state index contributed by atoms with van der Waals surface area (Å²) in [5, 5.41) is 11.5. The molecular formula is C27H26N2O8S. The highest BCUT2D eigenvalue weighted by Crippen LogP contribution is 2.45. The Hall–Kier alpha value is -4.38. The summed E-state index contributed by atoms with van der Waals surface area (Å²) >= 11 is 0.919. The average Bonchev–Trinajstić information content (AvgIpc) is 3.43. The predicted molar refractivity (Wildman–Crippen MR) is 140 cm³/mol. The van der Waals surface area contributed by atoms with Gasteiger partial charge in [-0.3, -0.25) is 14.5 Å². The van der Waals surface area contributed by atoms with Gasteiger partial charge in [-0.15, -0.1) is 0 Å². The summed E-state index contributed by atoms with van der Waals surface area (Å²) in [4.78, 5) is 44.9. The van der Waals surface area contributed by atoms with E-state index < -0.39 is 23.7 Å². The second-order valence-electron chi connectivity index (χ2n) is 8.37. The Bertz CT molecular complexity index is 1480. The van der Waals surface area contributed by atoms with E-state index >= 15 is 0 Å². The largest absolute Gasteiger partial charge is 0.507 e. The van der Waals surface area contributed by atoms with Gasteiger partial charge >= 0.3 is 11.9 Å². The van der Waals surface area contributed by atoms with Crippen molar-refractivity contribution in [2.45, 2.75) is 19.9 Å². The molecule has 1 amide bonds. The van der Waals surface area contributed by atoms with Crippen molar-refractivity contribution >= 4 is 39.9 Å². The van der Waals surface area contributed by atoms with E-state index in [1.165, 1.54) is 33.3 Å². The molecule has 3 aromatic rings. The van der Waals surface area contributed by atoms with Crippen molar-refractivity contribution in [3.8, 4) is 17.2 Å². The van der Waals surface area contributed by atoms with Crippen molar-refractivity contribution in [2.24, 2.45) is 0 Å². The zero-order valence-electron chi connectivity index (χ0n) is 21.6. The van der Waals surface area contributed by atoms with Gasteiger partial charge in [0, 0.05) is 5.56 Å². The second-order valence-corrected chi connectivity index (χ2v) is 9.35. The molecule has 1 aliphatic rings. The van der Waals surface area contributed by atoms with E-state index in [1.54, 1.807) is 50.2 Å². The molecule has 0 unspecified atom stereocenters. The van der Waals surface area contributed by atoms with Crippen molar-refractivity contribution < 1.29 is 38.4 Å². The number of ketones is 1. The Morgan fingerprint density at radius 1 is 0.947 bits per heavy atom. The van der Waals surface area contributed by atoms with Gasteiger partial charge in [-0.1, -0.05) is 17.4 Å². The molecule has 1 atom stereocenters. The summed E-state index contributed by atoms with van der Waals surface area (Å²) in [6.07, 6.45) is 0. The average molecular weight is 539 g/mol. The number of rotatable bonds is 7. The van der Waals surface area contributed by atoms with Gasteiger partial charge in [-0.2, -0.15) is 0 Å². The molecule has 10 nitrogen and oxygen atoms in total. The lowest BCUT2D eigenvalue weighted by atomic mass is 9.94. The number of carbonyl (C=O) groups is 3. The minimum atomic E-state index is -1.08. The number of aliphatic hydroxyl groups is 1. The zero-order chi connectivity index (χ0) is 27.7. The molecule has 1 aromatic heterocycles. The van der Waals surface area contributed by atoms with E-state index in [1.807, 2.05) is 0 Å². The summed E-state index contributed by atoms with van der Waals surface area (Å²) in [6, 6.07) is 8.78. The number of Topliss-reactive ketones (excluding diaryl/α,β-unsaturated/α-hetero) is 1. The molecule has 11 heteroatoms. The number of hydrogen-bond donors (Lipinski definition) is 1. The van der Waals surface area contributed by atoms with Crippen LogP contribution < -0.4 is 19.1 Å². The minimum Gasteiger partial charge on any atom is -0.507 e. The standard InChI is InChI=1S/C27H26N2O8S/c1-13-11-16(8-9-17(13)34-3)22(30)20-21(15-7-10-18(35-4)19(12-15)36-5)29(25(32)23(20)31)27-28-14(2)24(38-27)26(33)37-6/h7-12,21,30H,1-6H3/b22-20+/t21-/m1/s1. The Labute approximate surface area is 223 Å². The number of aliphatic hydroxyl groups excluding tert-OH is 1. The van der Waals surface area contributed by atoms with Crippen LogP contribution in [0.4, 0.5) is 5.13 Å². The first kappa shape index (κ1) is 26.7. The number of hydrogen-bond acceptors (Lipinski definition) is 10. The van der Waals surface area contributed by atoms with Gasteiger partial charge in [0.25, 0.3) is 5.78 Å². The van der Waals surface area contributed by atoms with Crippen LogP contribution in [0.3, 0.4) is 0 Å². The highest BCUT2D eigenvalue weighted by Gasteiger charge is 2.48. The maximum atomic E-state index is 13.5. The van der Waals surface area contributed by atoms with Crippen molar-refractivity contribution in [1.29, 1.82) is 0 Å². The Kier molecular flexibility index (Phi) is 7.40.